The first-order valence-corrected chi connectivity index (χ1v) is 7.75. The van der Waals surface area contributed by atoms with Gasteiger partial charge in [-0.3, -0.25) is 0 Å². The second-order valence-corrected chi connectivity index (χ2v) is 6.87. The average molecular weight is 296 g/mol. The third-order valence-electron chi connectivity index (χ3n) is 3.59. The Morgan fingerprint density at radius 1 is 1.10 bits per heavy atom. The number of aliphatic hydroxyl groups excluding tert-OH is 1. The van der Waals surface area contributed by atoms with Crippen LogP contribution in [-0.4, -0.2) is 40.7 Å². The summed E-state index contributed by atoms with van der Waals surface area (Å²) in [6, 6.07) is 9.93. The summed E-state index contributed by atoms with van der Waals surface area (Å²) in [6.45, 7) is 5.70. The molecule has 0 unspecified atom stereocenters. The Morgan fingerprint density at radius 2 is 1.75 bits per heavy atom. The van der Waals surface area contributed by atoms with Gasteiger partial charge in [-0.15, -0.1) is 0 Å². The molecule has 0 spiro atoms. The summed E-state index contributed by atoms with van der Waals surface area (Å²) in [4.78, 5) is 1.07. The van der Waals surface area contributed by atoms with E-state index in [0.29, 0.717) is 0 Å². The molecule has 0 amide bonds. The highest BCUT2D eigenvalue weighted by Crippen LogP contribution is 2.41. The van der Waals surface area contributed by atoms with E-state index in [1.165, 1.54) is 11.8 Å². The zero-order valence-corrected chi connectivity index (χ0v) is 12.7. The fraction of sp³-hybridized carbons (Fsp3) is 0.600. The van der Waals surface area contributed by atoms with E-state index in [1.54, 1.807) is 0 Å². The number of thioether (sulfide) groups is 1. The zero-order valence-electron chi connectivity index (χ0n) is 11.9. The van der Waals surface area contributed by atoms with Gasteiger partial charge in [-0.05, 0) is 32.9 Å². The summed E-state index contributed by atoms with van der Waals surface area (Å²) in [6.07, 6.45) is -1.36. The van der Waals surface area contributed by atoms with E-state index in [9.17, 15) is 5.11 Å². The minimum atomic E-state index is -0.705. The molecule has 4 nitrogen and oxygen atoms in total. The molecule has 2 fully saturated rings. The summed E-state index contributed by atoms with van der Waals surface area (Å²) in [5.74, 6) is -0.666. The highest BCUT2D eigenvalue weighted by Gasteiger charge is 2.53. The Balaban J connectivity index is 1.75. The maximum absolute atomic E-state index is 10.5. The summed E-state index contributed by atoms with van der Waals surface area (Å²) in [5.41, 5.74) is -0.342. The van der Waals surface area contributed by atoms with Crippen molar-refractivity contribution < 1.29 is 19.3 Å². The van der Waals surface area contributed by atoms with Gasteiger partial charge in [0.25, 0.3) is 0 Å². The highest BCUT2D eigenvalue weighted by atomic mass is 32.2. The maximum Gasteiger partial charge on any atom is 0.164 e. The van der Waals surface area contributed by atoms with E-state index in [4.69, 9.17) is 14.2 Å². The topological polar surface area (TPSA) is 47.9 Å². The van der Waals surface area contributed by atoms with Gasteiger partial charge in [-0.25, -0.2) is 0 Å². The van der Waals surface area contributed by atoms with Crippen LogP contribution < -0.4 is 0 Å². The molecular formula is C15H20O4S. The van der Waals surface area contributed by atoms with Crippen LogP contribution in [0.15, 0.2) is 35.2 Å². The fourth-order valence-corrected chi connectivity index (χ4v) is 3.81. The van der Waals surface area contributed by atoms with Crippen LogP contribution in [0.3, 0.4) is 0 Å². The molecule has 0 saturated carbocycles. The molecule has 20 heavy (non-hydrogen) atoms. The van der Waals surface area contributed by atoms with Crippen molar-refractivity contribution in [2.75, 3.05) is 0 Å². The van der Waals surface area contributed by atoms with Crippen LogP contribution in [0.2, 0.25) is 0 Å². The van der Waals surface area contributed by atoms with Crippen LogP contribution in [0.1, 0.15) is 20.8 Å². The van der Waals surface area contributed by atoms with Crippen LogP contribution in [0, 0.1) is 0 Å². The minimum Gasteiger partial charge on any atom is -0.387 e. The van der Waals surface area contributed by atoms with Crippen molar-refractivity contribution in [1.29, 1.82) is 0 Å². The lowest BCUT2D eigenvalue weighted by Crippen LogP contribution is -2.54. The largest absolute Gasteiger partial charge is 0.387 e. The van der Waals surface area contributed by atoms with Gasteiger partial charge in [-0.1, -0.05) is 30.0 Å². The number of hydrogen-bond acceptors (Lipinski definition) is 5. The first-order valence-electron chi connectivity index (χ1n) is 6.87. The van der Waals surface area contributed by atoms with Crippen molar-refractivity contribution >= 4 is 11.8 Å². The number of ether oxygens (including phenoxy) is 3. The summed E-state index contributed by atoms with van der Waals surface area (Å²) in [7, 11) is 0. The summed E-state index contributed by atoms with van der Waals surface area (Å²) in [5, 5.41) is 10.5. The minimum absolute atomic E-state index is 0.105. The lowest BCUT2D eigenvalue weighted by atomic mass is 10.0. The van der Waals surface area contributed by atoms with E-state index in [0.717, 1.165) is 4.90 Å². The molecule has 1 N–H and O–H groups in total. The standard InChI is InChI=1S/C15H20O4S/c1-9-12-13(19-15(2,3)18-12)11(16)14(17-9)20-10-7-5-4-6-8-10/h4-9,11-14,16H,1-3H3/t9-,11-,12+,13+,14+/m0/s1. The van der Waals surface area contributed by atoms with E-state index in [2.05, 4.69) is 0 Å². The fourth-order valence-electron chi connectivity index (χ4n) is 2.70. The zero-order chi connectivity index (χ0) is 14.3. The van der Waals surface area contributed by atoms with Crippen molar-refractivity contribution in [3.8, 4) is 0 Å². The molecule has 0 radical (unpaired) electrons. The first kappa shape index (κ1) is 14.4. The maximum atomic E-state index is 10.5. The first-order chi connectivity index (χ1) is 9.46. The van der Waals surface area contributed by atoms with Gasteiger partial charge in [0.1, 0.15) is 23.7 Å². The smallest absolute Gasteiger partial charge is 0.164 e. The average Bonchev–Trinajstić information content (AvgIpc) is 2.74. The molecule has 3 rings (SSSR count). The monoisotopic (exact) mass is 296 g/mol. The van der Waals surface area contributed by atoms with Crippen LogP contribution in [0.4, 0.5) is 0 Å². The van der Waals surface area contributed by atoms with E-state index in [1.807, 2.05) is 51.1 Å². The molecular weight excluding hydrogens is 276 g/mol. The number of rotatable bonds is 2. The Labute approximate surface area is 123 Å². The molecule has 5 heteroatoms. The van der Waals surface area contributed by atoms with Gasteiger partial charge in [0.2, 0.25) is 0 Å². The van der Waals surface area contributed by atoms with Crippen LogP contribution >= 0.6 is 11.8 Å². The Kier molecular flexibility index (Phi) is 3.81. The van der Waals surface area contributed by atoms with Gasteiger partial charge >= 0.3 is 0 Å². The number of fused-ring (bicyclic) bond motifs is 1. The molecule has 2 heterocycles. The lowest BCUT2D eigenvalue weighted by Gasteiger charge is -2.38. The lowest BCUT2D eigenvalue weighted by molar-refractivity contribution is -0.153. The van der Waals surface area contributed by atoms with Crippen molar-refractivity contribution in [3.05, 3.63) is 30.3 Å². The van der Waals surface area contributed by atoms with E-state index >= 15 is 0 Å². The van der Waals surface area contributed by atoms with Crippen molar-refractivity contribution in [2.45, 2.75) is 61.3 Å². The van der Waals surface area contributed by atoms with Crippen molar-refractivity contribution in [2.24, 2.45) is 0 Å². The molecule has 0 bridgehead atoms. The predicted octanol–water partition coefficient (Wildman–Crippen LogP) is 2.40. The molecule has 0 aromatic heterocycles. The van der Waals surface area contributed by atoms with Crippen molar-refractivity contribution in [1.82, 2.24) is 0 Å². The molecule has 110 valence electrons. The number of hydrogen-bond donors (Lipinski definition) is 1. The third kappa shape index (κ3) is 2.73. The predicted molar refractivity (Wildman–Crippen MR) is 76.5 cm³/mol. The van der Waals surface area contributed by atoms with Crippen molar-refractivity contribution in [3.63, 3.8) is 0 Å². The molecule has 0 aliphatic carbocycles. The normalized spacial score (nSPS) is 39.5. The quantitative estimate of drug-likeness (QED) is 0.908. The molecule has 1 aromatic carbocycles. The number of aliphatic hydroxyl groups is 1. The Morgan fingerprint density at radius 3 is 2.45 bits per heavy atom. The second-order valence-electron chi connectivity index (χ2n) is 5.70. The molecule has 2 aliphatic rings. The van der Waals surface area contributed by atoms with Gasteiger partial charge < -0.3 is 19.3 Å². The molecule has 5 atom stereocenters. The molecule has 2 saturated heterocycles. The van der Waals surface area contributed by atoms with Gasteiger partial charge in [0.15, 0.2) is 5.79 Å². The third-order valence-corrected chi connectivity index (χ3v) is 4.75. The SMILES string of the molecule is C[C@@H]1O[C@H](Sc2ccccc2)[C@@H](O)[C@H]2OC(C)(C)O[C@@H]21. The van der Waals surface area contributed by atoms with Crippen LogP contribution in [0.25, 0.3) is 0 Å². The molecule has 1 aromatic rings. The molecule has 2 aliphatic heterocycles. The van der Waals surface area contributed by atoms with Crippen LogP contribution in [0.5, 0.6) is 0 Å². The Hall–Kier alpha value is -0.590. The highest BCUT2D eigenvalue weighted by molar-refractivity contribution is 7.99. The summed E-state index contributed by atoms with van der Waals surface area (Å²) >= 11 is 1.52. The van der Waals surface area contributed by atoms with Gasteiger partial charge in [0.05, 0.1) is 6.10 Å². The van der Waals surface area contributed by atoms with E-state index < -0.39 is 11.9 Å². The van der Waals surface area contributed by atoms with Crippen LogP contribution in [-0.2, 0) is 14.2 Å². The van der Waals surface area contributed by atoms with Gasteiger partial charge in [-0.2, -0.15) is 0 Å². The van der Waals surface area contributed by atoms with E-state index in [-0.39, 0.29) is 23.7 Å². The van der Waals surface area contributed by atoms with Gasteiger partial charge in [0, 0.05) is 4.90 Å². The Bertz CT molecular complexity index is 464. The number of benzene rings is 1. The summed E-state index contributed by atoms with van der Waals surface area (Å²) < 4.78 is 17.6. The second kappa shape index (κ2) is 5.31.